The van der Waals surface area contributed by atoms with Crippen molar-refractivity contribution >= 4 is 33.9 Å². The van der Waals surface area contributed by atoms with E-state index in [0.29, 0.717) is 11.3 Å². The Kier molecular flexibility index (Phi) is 5.34. The Hall–Kier alpha value is -1.36. The lowest BCUT2D eigenvalue weighted by atomic mass is 10.1. The fourth-order valence-electron chi connectivity index (χ4n) is 1.57. The van der Waals surface area contributed by atoms with Crippen LogP contribution in [-0.2, 0) is 4.74 Å². The average Bonchev–Trinajstić information content (AvgIpc) is 2.24. The molecule has 0 unspecified atom stereocenters. The van der Waals surface area contributed by atoms with Crippen LogP contribution in [0, 0.1) is 6.92 Å². The number of rotatable bonds is 3. The first-order valence-electron chi connectivity index (χ1n) is 6.34. The molecule has 20 heavy (non-hydrogen) atoms. The predicted octanol–water partition coefficient (Wildman–Crippen LogP) is 3.93. The van der Waals surface area contributed by atoms with E-state index in [1.54, 1.807) is 12.4 Å². The van der Waals surface area contributed by atoms with E-state index in [4.69, 9.17) is 4.74 Å². The third kappa shape index (κ3) is 4.96. The minimum absolute atomic E-state index is 0.368. The van der Waals surface area contributed by atoms with Crippen LogP contribution in [0.2, 0.25) is 0 Å². The molecule has 0 aliphatic heterocycles. The molecule has 0 saturated carbocycles. The zero-order valence-electron chi connectivity index (χ0n) is 12.8. The molecule has 1 aromatic rings. The van der Waals surface area contributed by atoms with Gasteiger partial charge in [-0.1, -0.05) is 15.9 Å². The highest BCUT2D eigenvalue weighted by molar-refractivity contribution is 9.10. The molecular formula is C15H21BrN2O2. The van der Waals surface area contributed by atoms with Gasteiger partial charge in [0.25, 0.3) is 0 Å². The lowest BCUT2D eigenvalue weighted by Gasteiger charge is -2.20. The average molecular weight is 341 g/mol. The van der Waals surface area contributed by atoms with Crippen molar-refractivity contribution in [3.8, 4) is 0 Å². The van der Waals surface area contributed by atoms with Crippen LogP contribution in [-0.4, -0.2) is 36.9 Å². The topological polar surface area (TPSA) is 41.9 Å². The van der Waals surface area contributed by atoms with Crippen molar-refractivity contribution in [3.05, 3.63) is 27.7 Å². The van der Waals surface area contributed by atoms with E-state index < -0.39 is 5.60 Å². The van der Waals surface area contributed by atoms with Gasteiger partial charge in [-0.15, -0.1) is 0 Å². The van der Waals surface area contributed by atoms with Gasteiger partial charge < -0.3 is 9.64 Å². The van der Waals surface area contributed by atoms with Crippen LogP contribution in [0.4, 0.5) is 5.69 Å². The van der Waals surface area contributed by atoms with Crippen LogP contribution in [0.15, 0.2) is 21.6 Å². The van der Waals surface area contributed by atoms with E-state index >= 15 is 0 Å². The van der Waals surface area contributed by atoms with Crippen LogP contribution >= 0.6 is 15.9 Å². The summed E-state index contributed by atoms with van der Waals surface area (Å²) in [5.41, 5.74) is 1.48. The molecular weight excluding hydrogens is 320 g/mol. The van der Waals surface area contributed by atoms with E-state index in [2.05, 4.69) is 20.9 Å². The third-order valence-corrected chi connectivity index (χ3v) is 2.76. The third-order valence-electron chi connectivity index (χ3n) is 2.30. The minimum atomic E-state index is -0.532. The van der Waals surface area contributed by atoms with Crippen LogP contribution in [0.25, 0.3) is 0 Å². The van der Waals surface area contributed by atoms with Gasteiger partial charge in [-0.25, -0.2) is 9.79 Å². The molecule has 0 spiro atoms. The maximum atomic E-state index is 12.3. The Balaban J connectivity index is 3.26. The predicted molar refractivity (Wildman–Crippen MR) is 85.9 cm³/mol. The second-order valence-electron chi connectivity index (χ2n) is 5.83. The van der Waals surface area contributed by atoms with Crippen LogP contribution in [0.1, 0.15) is 36.7 Å². The number of halogens is 1. The Morgan fingerprint density at radius 2 is 1.95 bits per heavy atom. The van der Waals surface area contributed by atoms with Crippen molar-refractivity contribution in [2.24, 2.45) is 4.99 Å². The fourth-order valence-corrected chi connectivity index (χ4v) is 2.14. The molecule has 1 rings (SSSR count). The Morgan fingerprint density at radius 3 is 2.45 bits per heavy atom. The SMILES string of the molecule is Cc1cc(Br)cc(C(=O)OC(C)(C)C)c1N=CN(C)C. The number of esters is 1. The van der Waals surface area contributed by atoms with Gasteiger partial charge in [0.15, 0.2) is 0 Å². The van der Waals surface area contributed by atoms with Crippen molar-refractivity contribution in [2.45, 2.75) is 33.3 Å². The Bertz CT molecular complexity index is 531. The highest BCUT2D eigenvalue weighted by Gasteiger charge is 2.21. The summed E-state index contributed by atoms with van der Waals surface area (Å²) in [7, 11) is 3.76. The Morgan fingerprint density at radius 1 is 1.35 bits per heavy atom. The van der Waals surface area contributed by atoms with E-state index in [9.17, 15) is 4.79 Å². The van der Waals surface area contributed by atoms with Crippen molar-refractivity contribution in [1.29, 1.82) is 0 Å². The summed E-state index contributed by atoms with van der Waals surface area (Å²) in [6.07, 6.45) is 1.67. The molecule has 0 saturated heterocycles. The van der Waals surface area contributed by atoms with Crippen molar-refractivity contribution in [3.63, 3.8) is 0 Å². The first-order valence-corrected chi connectivity index (χ1v) is 7.13. The summed E-state index contributed by atoms with van der Waals surface area (Å²) in [4.78, 5) is 18.5. The number of aryl methyl sites for hydroxylation is 1. The maximum Gasteiger partial charge on any atom is 0.340 e. The number of hydrogen-bond donors (Lipinski definition) is 0. The molecule has 0 heterocycles. The number of ether oxygens (including phenoxy) is 1. The molecule has 1 aromatic carbocycles. The molecule has 0 fully saturated rings. The number of benzene rings is 1. The highest BCUT2D eigenvalue weighted by Crippen LogP contribution is 2.29. The zero-order valence-corrected chi connectivity index (χ0v) is 14.4. The second-order valence-corrected chi connectivity index (χ2v) is 6.74. The summed E-state index contributed by atoms with van der Waals surface area (Å²) in [5, 5.41) is 0. The zero-order chi connectivity index (χ0) is 15.5. The van der Waals surface area contributed by atoms with Gasteiger partial charge in [-0.2, -0.15) is 0 Å². The number of hydrogen-bond acceptors (Lipinski definition) is 3. The quantitative estimate of drug-likeness (QED) is 0.475. The summed E-state index contributed by atoms with van der Waals surface area (Å²) >= 11 is 3.41. The van der Waals surface area contributed by atoms with Gasteiger partial charge in [-0.3, -0.25) is 0 Å². The van der Waals surface area contributed by atoms with Gasteiger partial charge in [0.05, 0.1) is 17.6 Å². The normalized spacial score (nSPS) is 11.8. The standard InChI is InChI=1S/C15H21BrN2O2/c1-10-7-11(16)8-12(13(10)17-9-18(5)6)14(19)20-15(2,3)4/h7-9H,1-6H3. The smallest absolute Gasteiger partial charge is 0.340 e. The van der Waals surface area contributed by atoms with Crippen LogP contribution in [0.3, 0.4) is 0 Å². The molecule has 0 bridgehead atoms. The van der Waals surface area contributed by atoms with Crippen molar-refractivity contribution in [2.75, 3.05) is 14.1 Å². The van der Waals surface area contributed by atoms with E-state index in [1.165, 1.54) is 0 Å². The summed E-state index contributed by atoms with van der Waals surface area (Å²) in [5.74, 6) is -0.368. The van der Waals surface area contributed by atoms with E-state index in [0.717, 1.165) is 10.0 Å². The number of nitrogens with zero attached hydrogens (tertiary/aromatic N) is 2. The maximum absolute atomic E-state index is 12.3. The second kappa shape index (κ2) is 6.39. The van der Waals surface area contributed by atoms with E-state index in [1.807, 2.05) is 52.8 Å². The van der Waals surface area contributed by atoms with Gasteiger partial charge >= 0.3 is 5.97 Å². The van der Waals surface area contributed by atoms with E-state index in [-0.39, 0.29) is 5.97 Å². The molecule has 0 aromatic heterocycles. The van der Waals surface area contributed by atoms with Crippen molar-refractivity contribution < 1.29 is 9.53 Å². The molecule has 0 aliphatic rings. The number of carbonyl (C=O) groups is 1. The molecule has 0 radical (unpaired) electrons. The molecule has 110 valence electrons. The summed E-state index contributed by atoms with van der Waals surface area (Å²) in [6.45, 7) is 7.45. The summed E-state index contributed by atoms with van der Waals surface area (Å²) in [6, 6.07) is 3.67. The van der Waals surface area contributed by atoms with Gasteiger partial charge in [0, 0.05) is 18.6 Å². The largest absolute Gasteiger partial charge is 0.456 e. The van der Waals surface area contributed by atoms with Crippen LogP contribution in [0.5, 0.6) is 0 Å². The highest BCUT2D eigenvalue weighted by atomic mass is 79.9. The Labute approximate surface area is 129 Å². The molecule has 0 atom stereocenters. The molecule has 0 N–H and O–H groups in total. The summed E-state index contributed by atoms with van der Waals surface area (Å²) < 4.78 is 6.27. The van der Waals surface area contributed by atoms with Gasteiger partial charge in [-0.05, 0) is 45.4 Å². The molecule has 0 amide bonds. The minimum Gasteiger partial charge on any atom is -0.456 e. The molecule has 5 heteroatoms. The monoisotopic (exact) mass is 340 g/mol. The first kappa shape index (κ1) is 16.7. The lowest BCUT2D eigenvalue weighted by Crippen LogP contribution is -2.24. The molecule has 4 nitrogen and oxygen atoms in total. The number of carbonyl (C=O) groups excluding carboxylic acids is 1. The first-order chi connectivity index (χ1) is 9.10. The van der Waals surface area contributed by atoms with Crippen LogP contribution < -0.4 is 0 Å². The fraction of sp³-hybridized carbons (Fsp3) is 0.467. The van der Waals surface area contributed by atoms with Gasteiger partial charge in [0.2, 0.25) is 0 Å². The lowest BCUT2D eigenvalue weighted by molar-refractivity contribution is 0.00704. The van der Waals surface area contributed by atoms with Crippen molar-refractivity contribution in [1.82, 2.24) is 4.90 Å². The molecule has 0 aliphatic carbocycles. The van der Waals surface area contributed by atoms with Gasteiger partial charge in [0.1, 0.15) is 5.60 Å². The number of aliphatic imine (C=N–C) groups is 1.